The molecule has 0 bridgehead atoms. The summed E-state index contributed by atoms with van der Waals surface area (Å²) in [6.45, 7) is 0.495. The number of nitrogens with zero attached hydrogens (tertiary/aromatic N) is 3. The average Bonchev–Trinajstić information content (AvgIpc) is 2.81. The second-order valence-electron chi connectivity index (χ2n) is 7.33. The number of rotatable bonds is 1. The molecular weight excluding hydrogens is 381 g/mol. The zero-order valence-electron chi connectivity index (χ0n) is 15.7. The Bertz CT molecular complexity index is 998. The lowest BCUT2D eigenvalue weighted by atomic mass is 9.90. The molecular formula is C21H19F3N4O. The summed E-state index contributed by atoms with van der Waals surface area (Å²) in [6.07, 6.45) is -4.12. The molecule has 0 spiro atoms. The van der Waals surface area contributed by atoms with Crippen molar-refractivity contribution >= 4 is 23.0 Å². The van der Waals surface area contributed by atoms with Gasteiger partial charge in [-0.25, -0.2) is 0 Å². The highest BCUT2D eigenvalue weighted by Gasteiger charge is 2.42. The number of carbonyl (C=O) groups excluding carboxylic acids is 1. The molecule has 0 saturated carbocycles. The van der Waals surface area contributed by atoms with Crippen LogP contribution >= 0.6 is 0 Å². The third kappa shape index (κ3) is 3.37. The van der Waals surface area contributed by atoms with Crippen LogP contribution in [0.15, 0.2) is 42.5 Å². The second kappa shape index (κ2) is 6.99. The van der Waals surface area contributed by atoms with Gasteiger partial charge in [0.2, 0.25) is 0 Å². The molecule has 8 heteroatoms. The van der Waals surface area contributed by atoms with Crippen molar-refractivity contribution in [3.05, 3.63) is 53.6 Å². The van der Waals surface area contributed by atoms with E-state index < -0.39 is 18.1 Å². The first-order chi connectivity index (χ1) is 13.8. The molecule has 0 radical (unpaired) electrons. The van der Waals surface area contributed by atoms with Crippen molar-refractivity contribution in [1.29, 1.82) is 5.26 Å². The summed E-state index contributed by atoms with van der Waals surface area (Å²) in [5.74, 6) is -1.89. The molecule has 1 saturated heterocycles. The smallest absolute Gasteiger partial charge is 0.363 e. The standard InChI is InChI=1S/C21H19F3N4O/c1-27-16-5-3-2-4-15(16)18-11-14(26-20(29)21(22,23)24)8-9-28(18)17-7-6-13(12-25)10-19(17)27/h2-7,10,14,18H,8-9,11H2,1H3,(H,26,29)/t14-,18+/m0/s1. The fourth-order valence-corrected chi connectivity index (χ4v) is 4.26. The number of piperidine rings is 1. The number of benzene rings is 2. The normalized spacial score (nSPS) is 20.7. The molecule has 4 rings (SSSR count). The largest absolute Gasteiger partial charge is 0.471 e. The minimum Gasteiger partial charge on any atom is -0.363 e. The van der Waals surface area contributed by atoms with Gasteiger partial charge in [0.15, 0.2) is 0 Å². The molecule has 1 N–H and O–H groups in total. The predicted octanol–water partition coefficient (Wildman–Crippen LogP) is 4.03. The Labute approximate surface area is 166 Å². The number of fused-ring (bicyclic) bond motifs is 5. The fourth-order valence-electron chi connectivity index (χ4n) is 4.26. The molecule has 2 heterocycles. The molecule has 2 aliphatic heterocycles. The van der Waals surface area contributed by atoms with Gasteiger partial charge in [0.25, 0.3) is 0 Å². The maximum atomic E-state index is 12.7. The summed E-state index contributed by atoms with van der Waals surface area (Å²) < 4.78 is 38.1. The Hall–Kier alpha value is -3.21. The molecule has 2 aromatic carbocycles. The van der Waals surface area contributed by atoms with Crippen LogP contribution in [-0.4, -0.2) is 31.7 Å². The molecule has 150 valence electrons. The molecule has 29 heavy (non-hydrogen) atoms. The van der Waals surface area contributed by atoms with Crippen LogP contribution in [0.25, 0.3) is 0 Å². The van der Waals surface area contributed by atoms with Crippen molar-refractivity contribution in [1.82, 2.24) is 5.32 Å². The quantitative estimate of drug-likeness (QED) is 0.785. The van der Waals surface area contributed by atoms with E-state index in [0.717, 1.165) is 22.6 Å². The van der Waals surface area contributed by atoms with Crippen LogP contribution in [0.3, 0.4) is 0 Å². The Balaban J connectivity index is 1.75. The van der Waals surface area contributed by atoms with Gasteiger partial charge in [0, 0.05) is 25.3 Å². The Morgan fingerprint density at radius 2 is 1.93 bits per heavy atom. The van der Waals surface area contributed by atoms with Gasteiger partial charge in [-0.15, -0.1) is 0 Å². The minimum absolute atomic E-state index is 0.185. The number of nitriles is 1. The average molecular weight is 400 g/mol. The van der Waals surface area contributed by atoms with Crippen LogP contribution in [0.4, 0.5) is 30.2 Å². The Kier molecular flexibility index (Phi) is 4.61. The molecule has 0 aliphatic carbocycles. The van der Waals surface area contributed by atoms with Crippen molar-refractivity contribution in [2.75, 3.05) is 23.4 Å². The van der Waals surface area contributed by atoms with E-state index in [9.17, 15) is 23.2 Å². The molecule has 1 amide bonds. The van der Waals surface area contributed by atoms with Crippen molar-refractivity contribution in [3.8, 4) is 6.07 Å². The number of hydrogen-bond donors (Lipinski definition) is 1. The van der Waals surface area contributed by atoms with Gasteiger partial charge < -0.3 is 15.1 Å². The maximum Gasteiger partial charge on any atom is 0.471 e. The summed E-state index contributed by atoms with van der Waals surface area (Å²) in [4.78, 5) is 15.6. The van der Waals surface area contributed by atoms with E-state index in [1.54, 1.807) is 6.07 Å². The predicted molar refractivity (Wildman–Crippen MR) is 103 cm³/mol. The monoisotopic (exact) mass is 400 g/mol. The number of carbonyl (C=O) groups is 1. The highest BCUT2D eigenvalue weighted by Crippen LogP contribution is 2.48. The SMILES string of the molecule is CN1c2ccccc2[C@H]2C[C@@H](NC(=O)C(F)(F)F)CCN2c2ccc(C#N)cc21. The van der Waals surface area contributed by atoms with Crippen LogP contribution < -0.4 is 15.1 Å². The van der Waals surface area contributed by atoms with Crippen LogP contribution in [-0.2, 0) is 4.79 Å². The van der Waals surface area contributed by atoms with E-state index in [1.165, 1.54) is 0 Å². The summed E-state index contributed by atoms with van der Waals surface area (Å²) >= 11 is 0. The molecule has 0 unspecified atom stereocenters. The van der Waals surface area contributed by atoms with E-state index >= 15 is 0 Å². The summed E-state index contributed by atoms with van der Waals surface area (Å²) in [6, 6.07) is 14.6. The van der Waals surface area contributed by atoms with Gasteiger partial charge in [-0.3, -0.25) is 4.79 Å². The van der Waals surface area contributed by atoms with Gasteiger partial charge in [-0.05, 0) is 42.7 Å². The number of para-hydroxylation sites is 1. The van der Waals surface area contributed by atoms with E-state index in [0.29, 0.717) is 24.9 Å². The second-order valence-corrected chi connectivity index (χ2v) is 7.33. The third-order valence-electron chi connectivity index (χ3n) is 5.63. The van der Waals surface area contributed by atoms with E-state index in [2.05, 4.69) is 16.3 Å². The molecule has 0 aromatic heterocycles. The summed E-state index contributed by atoms with van der Waals surface area (Å²) in [7, 11) is 1.92. The maximum absolute atomic E-state index is 12.7. The van der Waals surface area contributed by atoms with Gasteiger partial charge in [0.05, 0.1) is 29.0 Å². The number of alkyl halides is 3. The van der Waals surface area contributed by atoms with Crippen LogP contribution in [0.1, 0.15) is 30.0 Å². The third-order valence-corrected chi connectivity index (χ3v) is 5.63. The summed E-state index contributed by atoms with van der Waals surface area (Å²) in [5.41, 5.74) is 4.25. The topological polar surface area (TPSA) is 59.4 Å². The first kappa shape index (κ1) is 19.1. The lowest BCUT2D eigenvalue weighted by molar-refractivity contribution is -0.174. The van der Waals surface area contributed by atoms with Gasteiger partial charge in [0.1, 0.15) is 0 Å². The summed E-state index contributed by atoms with van der Waals surface area (Å²) in [5, 5.41) is 11.4. The number of amides is 1. The highest BCUT2D eigenvalue weighted by atomic mass is 19.4. The van der Waals surface area contributed by atoms with E-state index in [4.69, 9.17) is 0 Å². The van der Waals surface area contributed by atoms with E-state index in [1.807, 2.05) is 48.3 Å². The molecule has 5 nitrogen and oxygen atoms in total. The first-order valence-electron chi connectivity index (χ1n) is 9.30. The van der Waals surface area contributed by atoms with Crippen LogP contribution in [0.2, 0.25) is 0 Å². The lowest BCUT2D eigenvalue weighted by Crippen LogP contribution is -2.49. The van der Waals surface area contributed by atoms with Gasteiger partial charge in [-0.1, -0.05) is 18.2 Å². The van der Waals surface area contributed by atoms with Crippen molar-refractivity contribution in [2.45, 2.75) is 31.1 Å². The minimum atomic E-state index is -4.89. The Morgan fingerprint density at radius 1 is 1.17 bits per heavy atom. The number of hydrogen-bond acceptors (Lipinski definition) is 4. The first-order valence-corrected chi connectivity index (χ1v) is 9.30. The van der Waals surface area contributed by atoms with Crippen LogP contribution in [0, 0.1) is 11.3 Å². The Morgan fingerprint density at radius 3 is 2.66 bits per heavy atom. The number of anilines is 3. The van der Waals surface area contributed by atoms with Crippen LogP contribution in [0.5, 0.6) is 0 Å². The lowest BCUT2D eigenvalue weighted by Gasteiger charge is -2.41. The molecule has 2 aliphatic rings. The molecule has 2 atom stereocenters. The zero-order chi connectivity index (χ0) is 20.8. The molecule has 2 aromatic rings. The van der Waals surface area contributed by atoms with Crippen molar-refractivity contribution in [2.24, 2.45) is 0 Å². The van der Waals surface area contributed by atoms with Gasteiger partial charge >= 0.3 is 12.1 Å². The van der Waals surface area contributed by atoms with Gasteiger partial charge in [-0.2, -0.15) is 18.4 Å². The van der Waals surface area contributed by atoms with E-state index in [-0.39, 0.29) is 6.04 Å². The van der Waals surface area contributed by atoms with Crippen molar-refractivity contribution in [3.63, 3.8) is 0 Å². The highest BCUT2D eigenvalue weighted by molar-refractivity contribution is 5.84. The molecule has 1 fully saturated rings. The van der Waals surface area contributed by atoms with Crippen molar-refractivity contribution < 1.29 is 18.0 Å². The fraction of sp³-hybridized carbons (Fsp3) is 0.333. The zero-order valence-corrected chi connectivity index (χ0v) is 15.7. The number of nitrogens with one attached hydrogen (secondary N) is 1. The number of halogens is 3.